The number of hydrogen-bond acceptors (Lipinski definition) is 2. The van der Waals surface area contributed by atoms with Gasteiger partial charge in [-0.15, -0.1) is 0 Å². The van der Waals surface area contributed by atoms with Gasteiger partial charge in [0.1, 0.15) is 0 Å². The molecule has 0 spiro atoms. The molecule has 2 rings (SSSR count). The summed E-state index contributed by atoms with van der Waals surface area (Å²) in [6, 6.07) is 7.44. The molecule has 0 heterocycles. The quantitative estimate of drug-likeness (QED) is 0.824. The van der Waals surface area contributed by atoms with Crippen molar-refractivity contribution in [2.75, 3.05) is 11.4 Å². The minimum Gasteiger partial charge on any atom is -0.367 e. The standard InChI is InChI=1S/C17H27ClN2/c1-4-20(15-9-5-6-10-15)17-14(12-19-13(2)3)8-7-11-16(17)18/h7-8,11,13,15,19H,4-6,9-10,12H2,1-3H3. The molecule has 0 aliphatic heterocycles. The number of rotatable bonds is 6. The molecule has 112 valence electrons. The van der Waals surface area contributed by atoms with E-state index in [0.717, 1.165) is 18.1 Å². The number of halogens is 1. The minimum atomic E-state index is 0.489. The average molecular weight is 295 g/mol. The van der Waals surface area contributed by atoms with E-state index in [0.29, 0.717) is 12.1 Å². The summed E-state index contributed by atoms with van der Waals surface area (Å²) in [5.41, 5.74) is 2.57. The molecule has 0 saturated heterocycles. The summed E-state index contributed by atoms with van der Waals surface area (Å²) in [5.74, 6) is 0. The summed E-state index contributed by atoms with van der Waals surface area (Å²) in [6.45, 7) is 8.51. The number of anilines is 1. The van der Waals surface area contributed by atoms with Crippen LogP contribution in [0.15, 0.2) is 18.2 Å². The van der Waals surface area contributed by atoms with Gasteiger partial charge in [-0.05, 0) is 31.4 Å². The van der Waals surface area contributed by atoms with Crippen molar-refractivity contribution >= 4 is 17.3 Å². The van der Waals surface area contributed by atoms with Crippen LogP contribution in [0.4, 0.5) is 5.69 Å². The first-order chi connectivity index (χ1) is 9.63. The molecular formula is C17H27ClN2. The van der Waals surface area contributed by atoms with E-state index in [-0.39, 0.29) is 0 Å². The van der Waals surface area contributed by atoms with Gasteiger partial charge < -0.3 is 10.2 Å². The van der Waals surface area contributed by atoms with Gasteiger partial charge in [0.25, 0.3) is 0 Å². The van der Waals surface area contributed by atoms with Crippen LogP contribution in [0.2, 0.25) is 5.02 Å². The van der Waals surface area contributed by atoms with E-state index in [9.17, 15) is 0 Å². The predicted octanol–water partition coefficient (Wildman–Crippen LogP) is 4.61. The van der Waals surface area contributed by atoms with E-state index in [1.54, 1.807) is 0 Å². The topological polar surface area (TPSA) is 15.3 Å². The first-order valence-corrected chi connectivity index (χ1v) is 8.28. The lowest BCUT2D eigenvalue weighted by Crippen LogP contribution is -2.34. The Morgan fingerprint density at radius 2 is 2.00 bits per heavy atom. The molecule has 1 aliphatic carbocycles. The van der Waals surface area contributed by atoms with E-state index in [2.05, 4.69) is 43.1 Å². The van der Waals surface area contributed by atoms with Crippen molar-refractivity contribution in [3.05, 3.63) is 28.8 Å². The van der Waals surface area contributed by atoms with Crippen molar-refractivity contribution in [2.45, 2.75) is 65.1 Å². The molecule has 1 aliphatic rings. The van der Waals surface area contributed by atoms with Crippen molar-refractivity contribution in [1.29, 1.82) is 0 Å². The molecule has 0 bridgehead atoms. The second-order valence-corrected chi connectivity index (χ2v) is 6.41. The zero-order valence-electron chi connectivity index (χ0n) is 13.0. The molecule has 0 atom stereocenters. The summed E-state index contributed by atoms with van der Waals surface area (Å²) in [7, 11) is 0. The van der Waals surface area contributed by atoms with Crippen LogP contribution in [-0.4, -0.2) is 18.6 Å². The number of nitrogens with zero attached hydrogens (tertiary/aromatic N) is 1. The maximum atomic E-state index is 6.53. The smallest absolute Gasteiger partial charge is 0.0643 e. The predicted molar refractivity (Wildman–Crippen MR) is 88.7 cm³/mol. The molecule has 0 amide bonds. The SMILES string of the molecule is CCN(c1c(Cl)cccc1CNC(C)C)C1CCCC1. The highest BCUT2D eigenvalue weighted by atomic mass is 35.5. The van der Waals surface area contributed by atoms with Crippen LogP contribution in [0.3, 0.4) is 0 Å². The molecule has 1 aromatic rings. The molecule has 3 heteroatoms. The van der Waals surface area contributed by atoms with Crippen LogP contribution in [0.5, 0.6) is 0 Å². The molecule has 2 nitrogen and oxygen atoms in total. The molecule has 1 N–H and O–H groups in total. The summed E-state index contributed by atoms with van der Waals surface area (Å²) < 4.78 is 0. The first kappa shape index (κ1) is 15.7. The third-order valence-corrected chi connectivity index (χ3v) is 4.47. The Balaban J connectivity index is 2.26. The van der Waals surface area contributed by atoms with Crippen LogP contribution in [0.1, 0.15) is 52.0 Å². The number of para-hydroxylation sites is 1. The van der Waals surface area contributed by atoms with Crippen LogP contribution in [-0.2, 0) is 6.54 Å². The number of benzene rings is 1. The molecule has 1 fully saturated rings. The Hall–Kier alpha value is -0.730. The van der Waals surface area contributed by atoms with Gasteiger partial charge in [0.2, 0.25) is 0 Å². The van der Waals surface area contributed by atoms with Gasteiger partial charge in [0, 0.05) is 25.2 Å². The zero-order chi connectivity index (χ0) is 14.5. The van der Waals surface area contributed by atoms with Crippen molar-refractivity contribution in [2.24, 2.45) is 0 Å². The Bertz CT molecular complexity index is 425. The number of hydrogen-bond donors (Lipinski definition) is 1. The highest BCUT2D eigenvalue weighted by Gasteiger charge is 2.24. The summed E-state index contributed by atoms with van der Waals surface area (Å²) in [4.78, 5) is 2.52. The minimum absolute atomic E-state index is 0.489. The molecule has 0 aromatic heterocycles. The number of nitrogens with one attached hydrogen (secondary N) is 1. The van der Waals surface area contributed by atoms with Crippen LogP contribution in [0, 0.1) is 0 Å². The lowest BCUT2D eigenvalue weighted by atomic mass is 10.1. The summed E-state index contributed by atoms with van der Waals surface area (Å²) >= 11 is 6.53. The van der Waals surface area contributed by atoms with Gasteiger partial charge in [-0.3, -0.25) is 0 Å². The van der Waals surface area contributed by atoms with Gasteiger partial charge in [0.05, 0.1) is 10.7 Å². The van der Waals surface area contributed by atoms with Crippen molar-refractivity contribution < 1.29 is 0 Å². The highest BCUT2D eigenvalue weighted by molar-refractivity contribution is 6.33. The lowest BCUT2D eigenvalue weighted by Gasteiger charge is -2.33. The van der Waals surface area contributed by atoms with E-state index >= 15 is 0 Å². The van der Waals surface area contributed by atoms with Gasteiger partial charge in [-0.25, -0.2) is 0 Å². The maximum Gasteiger partial charge on any atom is 0.0643 e. The van der Waals surface area contributed by atoms with E-state index < -0.39 is 0 Å². The zero-order valence-corrected chi connectivity index (χ0v) is 13.7. The average Bonchev–Trinajstić information content (AvgIpc) is 2.93. The summed E-state index contributed by atoms with van der Waals surface area (Å²) in [6.07, 6.45) is 5.31. The van der Waals surface area contributed by atoms with Gasteiger partial charge in [-0.2, -0.15) is 0 Å². The fourth-order valence-electron chi connectivity index (χ4n) is 3.15. The monoisotopic (exact) mass is 294 g/mol. The second-order valence-electron chi connectivity index (χ2n) is 6.01. The molecule has 0 unspecified atom stereocenters. The van der Waals surface area contributed by atoms with E-state index in [1.807, 2.05) is 6.07 Å². The maximum absolute atomic E-state index is 6.53. The van der Waals surface area contributed by atoms with Crippen LogP contribution >= 0.6 is 11.6 Å². The molecule has 1 saturated carbocycles. The Labute approximate surface area is 128 Å². The van der Waals surface area contributed by atoms with Crippen LogP contribution in [0.25, 0.3) is 0 Å². The third-order valence-electron chi connectivity index (χ3n) is 4.16. The molecular weight excluding hydrogens is 268 g/mol. The van der Waals surface area contributed by atoms with Gasteiger partial charge in [0.15, 0.2) is 0 Å². The fraction of sp³-hybridized carbons (Fsp3) is 0.647. The molecule has 20 heavy (non-hydrogen) atoms. The van der Waals surface area contributed by atoms with Crippen molar-refractivity contribution in [3.8, 4) is 0 Å². The molecule has 1 aromatic carbocycles. The van der Waals surface area contributed by atoms with Gasteiger partial charge in [-0.1, -0.05) is 50.4 Å². The van der Waals surface area contributed by atoms with Crippen LogP contribution < -0.4 is 10.2 Å². The molecule has 0 radical (unpaired) electrons. The Morgan fingerprint density at radius 1 is 1.30 bits per heavy atom. The first-order valence-electron chi connectivity index (χ1n) is 7.91. The normalized spacial score (nSPS) is 16.1. The second kappa shape index (κ2) is 7.33. The Morgan fingerprint density at radius 3 is 2.60 bits per heavy atom. The lowest BCUT2D eigenvalue weighted by molar-refractivity contribution is 0.580. The van der Waals surface area contributed by atoms with Gasteiger partial charge >= 0.3 is 0 Å². The third kappa shape index (κ3) is 3.67. The Kier molecular flexibility index (Phi) is 5.74. The fourth-order valence-corrected chi connectivity index (χ4v) is 3.46. The largest absolute Gasteiger partial charge is 0.367 e. The van der Waals surface area contributed by atoms with Crippen molar-refractivity contribution in [1.82, 2.24) is 5.32 Å². The van der Waals surface area contributed by atoms with Crippen molar-refractivity contribution in [3.63, 3.8) is 0 Å². The highest BCUT2D eigenvalue weighted by Crippen LogP contribution is 2.35. The summed E-state index contributed by atoms with van der Waals surface area (Å²) in [5, 5.41) is 4.40. The van der Waals surface area contributed by atoms with E-state index in [1.165, 1.54) is 36.9 Å². The van der Waals surface area contributed by atoms with E-state index in [4.69, 9.17) is 11.6 Å².